The number of thioether (sulfide) groups is 1. The van der Waals surface area contributed by atoms with E-state index in [1.807, 2.05) is 30.8 Å². The number of hydrogen-bond acceptors (Lipinski definition) is 4. The Balaban J connectivity index is 2.19. The van der Waals surface area contributed by atoms with Crippen LogP contribution in [0.25, 0.3) is 0 Å². The molecule has 1 fully saturated rings. The van der Waals surface area contributed by atoms with Crippen LogP contribution >= 0.6 is 11.8 Å². The Bertz CT molecular complexity index is 557. The monoisotopic (exact) mass is 329 g/mol. The summed E-state index contributed by atoms with van der Waals surface area (Å²) < 4.78 is 27.1. The van der Waals surface area contributed by atoms with Crippen molar-refractivity contribution in [1.29, 1.82) is 0 Å². The summed E-state index contributed by atoms with van der Waals surface area (Å²) in [6, 6.07) is 7.07. The van der Waals surface area contributed by atoms with E-state index < -0.39 is 10.0 Å². The quantitative estimate of drug-likeness (QED) is 0.899. The largest absolute Gasteiger partial charge is 0.396 e. The molecule has 2 rings (SSSR count). The smallest absolute Gasteiger partial charge is 0.243 e. The maximum Gasteiger partial charge on any atom is 0.243 e. The third kappa shape index (κ3) is 3.80. The Morgan fingerprint density at radius 3 is 2.57 bits per heavy atom. The topological polar surface area (TPSA) is 57.6 Å². The summed E-state index contributed by atoms with van der Waals surface area (Å²) in [5.74, 6) is 0.847. The molecule has 2 unspecified atom stereocenters. The first-order valence-electron chi connectivity index (χ1n) is 7.30. The molecule has 1 heterocycles. The molecule has 1 aliphatic rings. The first kappa shape index (κ1) is 16.8. The zero-order valence-electron chi connectivity index (χ0n) is 12.5. The van der Waals surface area contributed by atoms with Gasteiger partial charge >= 0.3 is 0 Å². The van der Waals surface area contributed by atoms with Crippen LogP contribution in [0.2, 0.25) is 0 Å². The minimum Gasteiger partial charge on any atom is -0.396 e. The van der Waals surface area contributed by atoms with E-state index in [1.165, 1.54) is 0 Å². The fraction of sp³-hybridized carbons (Fsp3) is 0.600. The van der Waals surface area contributed by atoms with Crippen molar-refractivity contribution < 1.29 is 13.5 Å². The van der Waals surface area contributed by atoms with E-state index in [0.29, 0.717) is 23.1 Å². The molecule has 2 atom stereocenters. The lowest BCUT2D eigenvalue weighted by molar-refractivity contribution is 0.288. The summed E-state index contributed by atoms with van der Waals surface area (Å²) in [4.78, 5) is 0.362. The van der Waals surface area contributed by atoms with E-state index in [2.05, 4.69) is 6.92 Å². The summed E-state index contributed by atoms with van der Waals surface area (Å²) in [6.07, 6.45) is 1.47. The Morgan fingerprint density at radius 1 is 1.29 bits per heavy atom. The number of aryl methyl sites for hydroxylation is 1. The van der Waals surface area contributed by atoms with Crippen LogP contribution in [0.15, 0.2) is 29.2 Å². The molecule has 1 N–H and O–H groups in total. The van der Waals surface area contributed by atoms with Gasteiger partial charge in [-0.15, -0.1) is 0 Å². The van der Waals surface area contributed by atoms with Crippen LogP contribution in [0.3, 0.4) is 0 Å². The summed E-state index contributed by atoms with van der Waals surface area (Å²) in [7, 11) is -3.41. The molecule has 6 heteroatoms. The first-order chi connectivity index (χ1) is 9.96. The summed E-state index contributed by atoms with van der Waals surface area (Å²) in [5.41, 5.74) is 1.05. The van der Waals surface area contributed by atoms with Gasteiger partial charge < -0.3 is 5.11 Å². The van der Waals surface area contributed by atoms with E-state index in [4.69, 9.17) is 5.11 Å². The van der Waals surface area contributed by atoms with Gasteiger partial charge in [0.2, 0.25) is 10.0 Å². The average Bonchev–Trinajstić information content (AvgIpc) is 2.48. The molecule has 0 aliphatic carbocycles. The van der Waals surface area contributed by atoms with Gasteiger partial charge in [-0.25, -0.2) is 8.42 Å². The Labute approximate surface area is 131 Å². The number of nitrogens with zero attached hydrogens (tertiary/aromatic N) is 1. The molecule has 0 bridgehead atoms. The standard InChI is InChI=1S/C15H23NO3S2/c1-12-13(2)20-11-9-16(12)21(18,19)15-7-5-14(6-8-15)4-3-10-17/h5-8,12-13,17H,3-4,9-11H2,1-2H3. The Kier molecular flexibility index (Phi) is 5.71. The predicted octanol–water partition coefficient (Wildman–Crippen LogP) is 2.13. The zero-order chi connectivity index (χ0) is 15.5. The van der Waals surface area contributed by atoms with E-state index in [1.54, 1.807) is 16.4 Å². The molecule has 1 saturated heterocycles. The number of aliphatic hydroxyl groups is 1. The summed E-state index contributed by atoms with van der Waals surface area (Å²) >= 11 is 1.82. The van der Waals surface area contributed by atoms with E-state index in [-0.39, 0.29) is 12.6 Å². The van der Waals surface area contributed by atoms with Crippen molar-refractivity contribution in [3.05, 3.63) is 29.8 Å². The average molecular weight is 329 g/mol. The minimum atomic E-state index is -3.41. The molecular weight excluding hydrogens is 306 g/mol. The zero-order valence-corrected chi connectivity index (χ0v) is 14.2. The Morgan fingerprint density at radius 2 is 1.95 bits per heavy atom. The van der Waals surface area contributed by atoms with Crippen LogP contribution in [-0.2, 0) is 16.4 Å². The maximum absolute atomic E-state index is 12.7. The van der Waals surface area contributed by atoms with Gasteiger partial charge in [-0.1, -0.05) is 19.1 Å². The molecule has 21 heavy (non-hydrogen) atoms. The molecular formula is C15H23NO3S2. The molecule has 0 amide bonds. The van der Waals surface area contributed by atoms with Crippen LogP contribution in [-0.4, -0.2) is 48.0 Å². The molecule has 0 saturated carbocycles. The molecule has 118 valence electrons. The van der Waals surface area contributed by atoms with Crippen molar-refractivity contribution in [2.75, 3.05) is 18.9 Å². The Hall–Kier alpha value is -0.560. The van der Waals surface area contributed by atoms with Gasteiger partial charge in [0.1, 0.15) is 0 Å². The summed E-state index contributed by atoms with van der Waals surface area (Å²) in [5, 5.41) is 9.15. The fourth-order valence-corrected chi connectivity index (χ4v) is 5.49. The lowest BCUT2D eigenvalue weighted by atomic mass is 10.1. The second-order valence-corrected chi connectivity index (χ2v) is 8.78. The molecule has 0 aromatic heterocycles. The number of benzene rings is 1. The van der Waals surface area contributed by atoms with Crippen molar-refractivity contribution in [1.82, 2.24) is 4.31 Å². The second-order valence-electron chi connectivity index (χ2n) is 5.40. The number of aliphatic hydroxyl groups excluding tert-OH is 1. The molecule has 4 nitrogen and oxygen atoms in total. The van der Waals surface area contributed by atoms with Crippen LogP contribution in [0.5, 0.6) is 0 Å². The van der Waals surface area contributed by atoms with Crippen LogP contribution in [0.1, 0.15) is 25.8 Å². The van der Waals surface area contributed by atoms with E-state index in [9.17, 15) is 8.42 Å². The van der Waals surface area contributed by atoms with Crippen molar-refractivity contribution >= 4 is 21.8 Å². The molecule has 1 aromatic rings. The van der Waals surface area contributed by atoms with Gasteiger partial charge in [0.15, 0.2) is 0 Å². The highest BCUT2D eigenvalue weighted by molar-refractivity contribution is 8.00. The molecule has 0 spiro atoms. The van der Waals surface area contributed by atoms with Crippen molar-refractivity contribution in [2.45, 2.75) is 42.9 Å². The summed E-state index contributed by atoms with van der Waals surface area (Å²) in [6.45, 7) is 4.78. The highest BCUT2D eigenvalue weighted by Crippen LogP contribution is 2.29. The number of hydrogen-bond donors (Lipinski definition) is 1. The third-order valence-electron chi connectivity index (χ3n) is 3.98. The van der Waals surface area contributed by atoms with Crippen LogP contribution in [0.4, 0.5) is 0 Å². The van der Waals surface area contributed by atoms with Gasteiger partial charge in [0, 0.05) is 30.2 Å². The van der Waals surface area contributed by atoms with Gasteiger partial charge in [0.05, 0.1) is 4.90 Å². The van der Waals surface area contributed by atoms with Crippen LogP contribution < -0.4 is 0 Å². The van der Waals surface area contributed by atoms with Crippen molar-refractivity contribution in [3.63, 3.8) is 0 Å². The third-order valence-corrected chi connectivity index (χ3v) is 7.32. The van der Waals surface area contributed by atoms with Crippen molar-refractivity contribution in [3.8, 4) is 0 Å². The van der Waals surface area contributed by atoms with Gasteiger partial charge in [-0.3, -0.25) is 0 Å². The lowest BCUT2D eigenvalue weighted by Gasteiger charge is -2.36. The first-order valence-corrected chi connectivity index (χ1v) is 9.79. The van der Waals surface area contributed by atoms with E-state index >= 15 is 0 Å². The SMILES string of the molecule is CC1SCCN(S(=O)(=O)c2ccc(CCCO)cc2)C1C. The minimum absolute atomic E-state index is 0.0165. The second kappa shape index (κ2) is 7.13. The maximum atomic E-state index is 12.7. The van der Waals surface area contributed by atoms with E-state index in [0.717, 1.165) is 17.7 Å². The molecule has 0 radical (unpaired) electrons. The molecule has 1 aromatic carbocycles. The van der Waals surface area contributed by atoms with Crippen molar-refractivity contribution in [2.24, 2.45) is 0 Å². The lowest BCUT2D eigenvalue weighted by Crippen LogP contribution is -2.47. The normalized spacial score (nSPS) is 24.1. The van der Waals surface area contributed by atoms with Gasteiger partial charge in [-0.2, -0.15) is 16.1 Å². The highest BCUT2D eigenvalue weighted by Gasteiger charge is 2.34. The number of sulfonamides is 1. The van der Waals surface area contributed by atoms with Gasteiger partial charge in [-0.05, 0) is 37.5 Å². The van der Waals surface area contributed by atoms with Crippen LogP contribution in [0, 0.1) is 0 Å². The number of rotatable bonds is 5. The molecule has 1 aliphatic heterocycles. The predicted molar refractivity (Wildman–Crippen MR) is 87.1 cm³/mol. The van der Waals surface area contributed by atoms with Gasteiger partial charge in [0.25, 0.3) is 0 Å². The fourth-order valence-electron chi connectivity index (χ4n) is 2.49. The highest BCUT2D eigenvalue weighted by atomic mass is 32.2.